The lowest BCUT2D eigenvalue weighted by molar-refractivity contribution is -0.384. The third kappa shape index (κ3) is 3.33. The van der Waals surface area contributed by atoms with Crippen molar-refractivity contribution in [1.82, 2.24) is 4.98 Å². The van der Waals surface area contributed by atoms with Crippen molar-refractivity contribution in [3.8, 4) is 33.5 Å². The molecular formula is C23H15N2O2. The fourth-order valence-corrected chi connectivity index (χ4v) is 3.04. The van der Waals surface area contributed by atoms with Gasteiger partial charge in [-0.2, -0.15) is 0 Å². The molecular weight excluding hydrogens is 336 g/mol. The average Bonchev–Trinajstić information content (AvgIpc) is 2.74. The zero-order valence-electron chi connectivity index (χ0n) is 14.4. The second kappa shape index (κ2) is 7.22. The Labute approximate surface area is 156 Å². The van der Waals surface area contributed by atoms with E-state index in [-0.39, 0.29) is 10.6 Å². The molecule has 0 saturated carbocycles. The van der Waals surface area contributed by atoms with Gasteiger partial charge in [-0.25, -0.2) is 0 Å². The van der Waals surface area contributed by atoms with Crippen LogP contribution >= 0.6 is 0 Å². The second-order valence-corrected chi connectivity index (χ2v) is 6.03. The number of benzene rings is 3. The van der Waals surface area contributed by atoms with Crippen LogP contribution in [0.15, 0.2) is 91.1 Å². The predicted molar refractivity (Wildman–Crippen MR) is 106 cm³/mol. The van der Waals surface area contributed by atoms with Gasteiger partial charge in [0.15, 0.2) is 0 Å². The Bertz CT molecular complexity index is 1090. The highest BCUT2D eigenvalue weighted by Gasteiger charge is 2.20. The lowest BCUT2D eigenvalue weighted by Gasteiger charge is -2.12. The van der Waals surface area contributed by atoms with Crippen LogP contribution in [0.5, 0.6) is 0 Å². The molecule has 27 heavy (non-hydrogen) atoms. The molecule has 0 bridgehead atoms. The first kappa shape index (κ1) is 16.7. The number of hydrogen-bond acceptors (Lipinski definition) is 3. The molecule has 0 saturated heterocycles. The summed E-state index contributed by atoms with van der Waals surface area (Å²) >= 11 is 0. The molecule has 0 amide bonds. The number of pyridine rings is 1. The van der Waals surface area contributed by atoms with E-state index in [1.54, 1.807) is 24.4 Å². The molecule has 1 radical (unpaired) electrons. The van der Waals surface area contributed by atoms with Gasteiger partial charge in [-0.1, -0.05) is 72.8 Å². The molecule has 0 fully saturated rings. The van der Waals surface area contributed by atoms with Gasteiger partial charge in [0.05, 0.1) is 16.2 Å². The average molecular weight is 351 g/mol. The maximum atomic E-state index is 11.5. The van der Waals surface area contributed by atoms with Gasteiger partial charge in [0.2, 0.25) is 0 Å². The summed E-state index contributed by atoms with van der Waals surface area (Å²) in [6.07, 6.45) is 1.72. The Morgan fingerprint density at radius 3 is 2.04 bits per heavy atom. The van der Waals surface area contributed by atoms with Crippen LogP contribution in [0.3, 0.4) is 0 Å². The van der Waals surface area contributed by atoms with Crippen LogP contribution in [-0.2, 0) is 0 Å². The number of rotatable bonds is 4. The zero-order chi connectivity index (χ0) is 18.6. The lowest BCUT2D eigenvalue weighted by atomic mass is 9.95. The van der Waals surface area contributed by atoms with E-state index in [0.717, 1.165) is 22.3 Å². The molecule has 3 aromatic carbocycles. The van der Waals surface area contributed by atoms with Crippen molar-refractivity contribution in [1.29, 1.82) is 0 Å². The van der Waals surface area contributed by atoms with E-state index < -0.39 is 0 Å². The lowest BCUT2D eigenvalue weighted by Crippen LogP contribution is -1.96. The van der Waals surface area contributed by atoms with Crippen molar-refractivity contribution in [2.24, 2.45) is 0 Å². The predicted octanol–water partition coefficient (Wildman–Crippen LogP) is 5.79. The monoisotopic (exact) mass is 351 g/mol. The first-order valence-corrected chi connectivity index (χ1v) is 8.51. The molecule has 0 aliphatic carbocycles. The molecule has 4 nitrogen and oxygen atoms in total. The van der Waals surface area contributed by atoms with Crippen LogP contribution in [-0.4, -0.2) is 9.91 Å². The number of nitro groups is 1. The Morgan fingerprint density at radius 1 is 0.778 bits per heavy atom. The molecule has 0 atom stereocenters. The highest BCUT2D eigenvalue weighted by atomic mass is 16.6. The van der Waals surface area contributed by atoms with Crippen LogP contribution in [0.1, 0.15) is 0 Å². The summed E-state index contributed by atoms with van der Waals surface area (Å²) in [4.78, 5) is 15.7. The van der Waals surface area contributed by atoms with Gasteiger partial charge in [0, 0.05) is 29.5 Å². The molecule has 1 heterocycles. The van der Waals surface area contributed by atoms with Crippen LogP contribution in [0, 0.1) is 16.2 Å². The van der Waals surface area contributed by atoms with Crippen molar-refractivity contribution < 1.29 is 4.92 Å². The Morgan fingerprint density at radius 2 is 1.37 bits per heavy atom. The molecule has 1 aromatic heterocycles. The van der Waals surface area contributed by atoms with Crippen molar-refractivity contribution in [2.75, 3.05) is 0 Å². The minimum Gasteiger partial charge on any atom is -0.258 e. The minimum absolute atomic E-state index is 0.0306. The van der Waals surface area contributed by atoms with E-state index >= 15 is 0 Å². The third-order valence-electron chi connectivity index (χ3n) is 4.32. The zero-order valence-corrected chi connectivity index (χ0v) is 14.4. The van der Waals surface area contributed by atoms with Crippen molar-refractivity contribution in [2.45, 2.75) is 0 Å². The Kier molecular flexibility index (Phi) is 4.45. The topological polar surface area (TPSA) is 56.0 Å². The Hall–Kier alpha value is -3.79. The van der Waals surface area contributed by atoms with E-state index in [9.17, 15) is 10.1 Å². The van der Waals surface area contributed by atoms with Crippen molar-refractivity contribution in [3.63, 3.8) is 0 Å². The summed E-state index contributed by atoms with van der Waals surface area (Å²) < 4.78 is 0. The maximum Gasteiger partial charge on any atom is 0.278 e. The minimum atomic E-state index is -0.378. The van der Waals surface area contributed by atoms with Gasteiger partial charge >= 0.3 is 0 Å². The molecule has 4 heteroatoms. The van der Waals surface area contributed by atoms with E-state index in [0.29, 0.717) is 11.3 Å². The normalized spacial score (nSPS) is 10.5. The van der Waals surface area contributed by atoms with Crippen molar-refractivity contribution in [3.05, 3.63) is 107 Å². The smallest absolute Gasteiger partial charge is 0.258 e. The number of nitro benzene ring substituents is 1. The molecule has 0 aliphatic heterocycles. The van der Waals surface area contributed by atoms with Gasteiger partial charge in [0.25, 0.3) is 5.69 Å². The van der Waals surface area contributed by atoms with Crippen LogP contribution in [0.2, 0.25) is 0 Å². The number of hydrogen-bond donors (Lipinski definition) is 0. The largest absolute Gasteiger partial charge is 0.278 e. The van der Waals surface area contributed by atoms with Gasteiger partial charge < -0.3 is 0 Å². The van der Waals surface area contributed by atoms with Crippen LogP contribution in [0.25, 0.3) is 33.5 Å². The molecule has 0 aliphatic rings. The number of nitrogens with zero attached hydrogens (tertiary/aromatic N) is 2. The summed E-state index contributed by atoms with van der Waals surface area (Å²) in [5.41, 5.74) is 4.56. The van der Waals surface area contributed by atoms with Gasteiger partial charge in [-0.15, -0.1) is 0 Å². The van der Waals surface area contributed by atoms with Gasteiger partial charge in [-0.3, -0.25) is 15.1 Å². The molecule has 4 rings (SSSR count). The quantitative estimate of drug-likeness (QED) is 0.345. The fraction of sp³-hybridized carbons (Fsp3) is 0. The van der Waals surface area contributed by atoms with Gasteiger partial charge in [-0.05, 0) is 17.2 Å². The standard InChI is InChI=1S/C23H15N2O2/c26-25(27)22-14-8-7-13-20(22)23-21(18-11-5-2-6-12-18)15-19(16-24-23)17-9-3-1-4-10-17/h1-14,16H. The van der Waals surface area contributed by atoms with Crippen LogP contribution in [0.4, 0.5) is 5.69 Å². The first-order valence-electron chi connectivity index (χ1n) is 8.51. The van der Waals surface area contributed by atoms with E-state index in [1.165, 1.54) is 6.07 Å². The summed E-state index contributed by atoms with van der Waals surface area (Å²) in [6, 6.07) is 29.7. The van der Waals surface area contributed by atoms with Gasteiger partial charge in [0.1, 0.15) is 0 Å². The third-order valence-corrected chi connectivity index (χ3v) is 4.32. The highest BCUT2D eigenvalue weighted by molar-refractivity contribution is 5.86. The summed E-state index contributed by atoms with van der Waals surface area (Å²) in [5.74, 6) is 0. The molecule has 0 spiro atoms. The summed E-state index contributed by atoms with van der Waals surface area (Å²) in [6.45, 7) is 0. The molecule has 4 aromatic rings. The second-order valence-electron chi connectivity index (χ2n) is 6.03. The maximum absolute atomic E-state index is 11.5. The molecule has 0 N–H and O–H groups in total. The van der Waals surface area contributed by atoms with E-state index in [4.69, 9.17) is 0 Å². The number of para-hydroxylation sites is 1. The van der Waals surface area contributed by atoms with Crippen LogP contribution < -0.4 is 0 Å². The Balaban J connectivity index is 1.96. The van der Waals surface area contributed by atoms with Crippen molar-refractivity contribution >= 4 is 5.69 Å². The summed E-state index contributed by atoms with van der Waals surface area (Å²) in [5, 5.41) is 11.5. The fourth-order valence-electron chi connectivity index (χ4n) is 3.04. The molecule has 0 unspecified atom stereocenters. The highest BCUT2D eigenvalue weighted by Crippen LogP contribution is 2.37. The summed E-state index contributed by atoms with van der Waals surface area (Å²) in [7, 11) is 0. The number of aromatic nitrogens is 1. The SMILES string of the molecule is O=[N+]([O-])c1ccccc1-c1ncc(-c2ccccc2)[c]c1-c1ccccc1. The van der Waals surface area contributed by atoms with E-state index in [1.807, 2.05) is 60.7 Å². The van der Waals surface area contributed by atoms with E-state index in [2.05, 4.69) is 11.1 Å². The molecule has 129 valence electrons. The first-order chi connectivity index (χ1) is 13.2.